The molecule has 0 aliphatic rings. The van der Waals surface area contributed by atoms with Gasteiger partial charge in [-0.1, -0.05) is 23.7 Å². The van der Waals surface area contributed by atoms with Crippen molar-refractivity contribution in [3.8, 4) is 17.0 Å². The Morgan fingerprint density at radius 1 is 1.02 bits per heavy atom. The normalized spacial score (nSPS) is 12.9. The van der Waals surface area contributed by atoms with Crippen molar-refractivity contribution in [3.05, 3.63) is 71.0 Å². The van der Waals surface area contributed by atoms with Gasteiger partial charge >= 0.3 is 18.4 Å². The third-order valence-electron chi connectivity index (χ3n) is 5.73. The maximum Gasteiger partial charge on any atom is 0.433 e. The first kappa shape index (κ1) is 32.0. The van der Waals surface area contributed by atoms with Crippen LogP contribution in [0.15, 0.2) is 59.6 Å². The molecule has 0 spiro atoms. The van der Waals surface area contributed by atoms with Gasteiger partial charge in [0.05, 0.1) is 45.2 Å². The number of aliphatic hydroxyl groups is 1. The van der Waals surface area contributed by atoms with E-state index >= 15 is 0 Å². The molecule has 10 nitrogen and oxygen atoms in total. The monoisotopic (exact) mass is 651 g/mol. The van der Waals surface area contributed by atoms with E-state index in [1.54, 1.807) is 0 Å². The van der Waals surface area contributed by atoms with E-state index in [2.05, 4.69) is 20.1 Å². The molecule has 0 aliphatic heterocycles. The number of nitrogens with zero attached hydrogens (tertiary/aromatic N) is 3. The third-order valence-corrected chi connectivity index (χ3v) is 7.76. The number of hydrogen-bond donors (Lipinski definition) is 3. The van der Waals surface area contributed by atoms with Crippen LogP contribution < -0.4 is 14.8 Å². The van der Waals surface area contributed by atoms with E-state index < -0.39 is 69.0 Å². The van der Waals surface area contributed by atoms with Gasteiger partial charge in [-0.3, -0.25) is 5.32 Å². The average molecular weight is 652 g/mol. The predicted molar refractivity (Wildman–Crippen MR) is 141 cm³/mol. The van der Waals surface area contributed by atoms with E-state index in [9.17, 15) is 44.7 Å². The topological polar surface area (TPSA) is 135 Å². The van der Waals surface area contributed by atoms with Crippen molar-refractivity contribution in [1.82, 2.24) is 19.3 Å². The quantitative estimate of drug-likeness (QED) is 0.217. The van der Waals surface area contributed by atoms with Crippen molar-refractivity contribution < 1.29 is 49.4 Å². The zero-order valence-electron chi connectivity index (χ0n) is 21.9. The number of amides is 1. The standard InChI is InChI=1S/C25H20ClF6N5O5S/c1-23(2,12-38)36-43(40,41)15-7-8-16(26)18(9-15)35-22(39)42-19-11-33-37-20(25(30,31)32)10-17(34-21(19)37)13-3-5-14(6-4-13)24(27,28)29/h3-11,36,38H,12H2,1-2H3,(H,35,39). The number of hydrogen-bond acceptors (Lipinski definition) is 7. The van der Waals surface area contributed by atoms with E-state index in [0.29, 0.717) is 22.7 Å². The fraction of sp³-hybridized carbons (Fsp3) is 0.240. The summed E-state index contributed by atoms with van der Waals surface area (Å²) in [5.74, 6) is -0.567. The van der Waals surface area contributed by atoms with Gasteiger partial charge in [0.15, 0.2) is 17.1 Å². The summed E-state index contributed by atoms with van der Waals surface area (Å²) >= 11 is 6.08. The van der Waals surface area contributed by atoms with Gasteiger partial charge in [-0.05, 0) is 50.2 Å². The molecule has 2 heterocycles. The van der Waals surface area contributed by atoms with Crippen LogP contribution in [-0.2, 0) is 22.4 Å². The maximum atomic E-state index is 13.9. The Balaban J connectivity index is 1.67. The number of nitrogens with one attached hydrogen (secondary N) is 2. The molecule has 4 aromatic rings. The second kappa shape index (κ2) is 11.3. The summed E-state index contributed by atoms with van der Waals surface area (Å²) in [4.78, 5) is 16.4. The van der Waals surface area contributed by atoms with E-state index in [1.807, 2.05) is 0 Å². The Kier molecular flexibility index (Phi) is 8.40. The van der Waals surface area contributed by atoms with Gasteiger partial charge in [0.2, 0.25) is 10.0 Å². The second-order valence-corrected chi connectivity index (χ2v) is 11.7. The van der Waals surface area contributed by atoms with Crippen LogP contribution in [-0.4, -0.2) is 46.4 Å². The number of anilines is 1. The van der Waals surface area contributed by atoms with Crippen LogP contribution in [0.4, 0.5) is 36.8 Å². The molecule has 0 bridgehead atoms. The van der Waals surface area contributed by atoms with E-state index in [-0.39, 0.29) is 21.2 Å². The lowest BCUT2D eigenvalue weighted by Crippen LogP contribution is -2.46. The summed E-state index contributed by atoms with van der Waals surface area (Å²) < 4.78 is 114. The number of fused-ring (bicyclic) bond motifs is 1. The number of aliphatic hydroxyl groups excluding tert-OH is 1. The lowest BCUT2D eigenvalue weighted by atomic mass is 10.1. The van der Waals surface area contributed by atoms with Gasteiger partial charge in [-0.2, -0.15) is 31.4 Å². The number of rotatable bonds is 7. The lowest BCUT2D eigenvalue weighted by Gasteiger charge is -2.23. The molecule has 4 rings (SSSR count). The van der Waals surface area contributed by atoms with Crippen molar-refractivity contribution >= 4 is 39.1 Å². The van der Waals surface area contributed by atoms with Gasteiger partial charge in [0.1, 0.15) is 0 Å². The second-order valence-electron chi connectivity index (χ2n) is 9.65. The van der Waals surface area contributed by atoms with Gasteiger partial charge in [-0.15, -0.1) is 0 Å². The van der Waals surface area contributed by atoms with Crippen molar-refractivity contribution in [1.29, 1.82) is 0 Å². The fourth-order valence-electron chi connectivity index (χ4n) is 3.65. The van der Waals surface area contributed by atoms with E-state index in [1.165, 1.54) is 13.8 Å². The summed E-state index contributed by atoms with van der Waals surface area (Å²) in [6.07, 6.45) is -10.2. The minimum absolute atomic E-state index is 0.0969. The highest BCUT2D eigenvalue weighted by Gasteiger charge is 2.36. The first-order chi connectivity index (χ1) is 19.8. The summed E-state index contributed by atoms with van der Waals surface area (Å²) in [5.41, 5.74) is -4.95. The SMILES string of the molecule is CC(C)(CO)NS(=O)(=O)c1ccc(Cl)c(NC(=O)Oc2cnn3c(C(F)(F)F)cc(-c4ccc(C(F)(F)F)cc4)nc23)c1. The van der Waals surface area contributed by atoms with Crippen LogP contribution in [0.2, 0.25) is 5.02 Å². The smallest absolute Gasteiger partial charge is 0.404 e. The maximum absolute atomic E-state index is 13.9. The van der Waals surface area contributed by atoms with Crippen LogP contribution in [0.5, 0.6) is 5.75 Å². The zero-order chi connectivity index (χ0) is 32.0. The third kappa shape index (κ3) is 7.18. The summed E-state index contributed by atoms with van der Waals surface area (Å²) in [6, 6.07) is 7.06. The number of benzene rings is 2. The molecule has 0 fully saturated rings. The molecule has 1 amide bonds. The fourth-order valence-corrected chi connectivity index (χ4v) is 5.25. The lowest BCUT2D eigenvalue weighted by molar-refractivity contribution is -0.142. The molecule has 0 unspecified atom stereocenters. The minimum atomic E-state index is -4.99. The Morgan fingerprint density at radius 3 is 2.26 bits per heavy atom. The summed E-state index contributed by atoms with van der Waals surface area (Å²) in [7, 11) is -4.20. The molecule has 43 heavy (non-hydrogen) atoms. The van der Waals surface area contributed by atoms with Gasteiger partial charge in [0.25, 0.3) is 0 Å². The summed E-state index contributed by atoms with van der Waals surface area (Å²) in [6.45, 7) is 2.32. The van der Waals surface area contributed by atoms with Crippen LogP contribution in [0.3, 0.4) is 0 Å². The molecular formula is C25H20ClF6N5O5S. The number of alkyl halides is 6. The van der Waals surface area contributed by atoms with Gasteiger partial charge in [0, 0.05) is 5.56 Å². The van der Waals surface area contributed by atoms with Crippen LogP contribution in [0, 0.1) is 0 Å². The molecule has 0 saturated heterocycles. The molecule has 230 valence electrons. The molecule has 0 radical (unpaired) electrons. The van der Waals surface area contributed by atoms with Crippen molar-refractivity contribution in [2.75, 3.05) is 11.9 Å². The highest BCUT2D eigenvalue weighted by molar-refractivity contribution is 7.89. The Labute approximate surface area is 244 Å². The molecule has 2 aromatic carbocycles. The van der Waals surface area contributed by atoms with Crippen molar-refractivity contribution in [3.63, 3.8) is 0 Å². The minimum Gasteiger partial charge on any atom is -0.404 e. The number of carbonyl (C=O) groups excluding carboxylic acids is 1. The van der Waals surface area contributed by atoms with Crippen LogP contribution in [0.25, 0.3) is 16.9 Å². The molecule has 3 N–H and O–H groups in total. The number of ether oxygens (including phenoxy) is 1. The average Bonchev–Trinajstić information content (AvgIpc) is 3.30. The van der Waals surface area contributed by atoms with Crippen LogP contribution >= 0.6 is 11.6 Å². The predicted octanol–water partition coefficient (Wildman–Crippen LogP) is 5.75. The molecule has 0 aliphatic carbocycles. The number of carbonyl (C=O) groups is 1. The Hall–Kier alpha value is -3.93. The van der Waals surface area contributed by atoms with Crippen molar-refractivity contribution in [2.24, 2.45) is 0 Å². The molecule has 0 saturated carbocycles. The number of halogens is 7. The van der Waals surface area contributed by atoms with Crippen LogP contribution in [0.1, 0.15) is 25.1 Å². The van der Waals surface area contributed by atoms with E-state index in [0.717, 1.165) is 36.5 Å². The zero-order valence-corrected chi connectivity index (χ0v) is 23.5. The first-order valence-corrected chi connectivity index (χ1v) is 13.7. The van der Waals surface area contributed by atoms with Gasteiger partial charge < -0.3 is 9.84 Å². The Morgan fingerprint density at radius 2 is 1.67 bits per heavy atom. The van der Waals surface area contributed by atoms with Crippen molar-refractivity contribution in [2.45, 2.75) is 36.6 Å². The molecule has 0 atom stereocenters. The van der Waals surface area contributed by atoms with E-state index in [4.69, 9.17) is 16.3 Å². The molecule has 2 aromatic heterocycles. The first-order valence-electron chi connectivity index (χ1n) is 11.9. The number of sulfonamides is 1. The highest BCUT2D eigenvalue weighted by Crippen LogP contribution is 2.36. The molecule has 18 heteroatoms. The molecular weight excluding hydrogens is 632 g/mol. The largest absolute Gasteiger partial charge is 0.433 e. The Bertz CT molecular complexity index is 1790. The van der Waals surface area contributed by atoms with Gasteiger partial charge in [-0.25, -0.2) is 27.4 Å². The number of aromatic nitrogens is 3. The highest BCUT2D eigenvalue weighted by atomic mass is 35.5. The summed E-state index contributed by atoms with van der Waals surface area (Å²) in [5, 5.41) is 15.0.